The Morgan fingerprint density at radius 3 is 2.58 bits per heavy atom. The predicted molar refractivity (Wildman–Crippen MR) is 95.3 cm³/mol. The zero-order valence-corrected chi connectivity index (χ0v) is 15.3. The molecule has 3 aromatic rings. The minimum absolute atomic E-state index is 0.0694. The molecule has 126 valence electrons. The molecule has 0 spiro atoms. The van der Waals surface area contributed by atoms with E-state index in [-0.39, 0.29) is 11.4 Å². The summed E-state index contributed by atoms with van der Waals surface area (Å²) >= 11 is 3.26. The average molecular weight is 410 g/mol. The topological polar surface area (TPSA) is 68.5 Å². The van der Waals surface area contributed by atoms with Crippen LogP contribution in [0.5, 0.6) is 0 Å². The number of hydrogen-bond donors (Lipinski definition) is 1. The highest BCUT2D eigenvalue weighted by atomic mass is 79.9. The van der Waals surface area contributed by atoms with Crippen LogP contribution in [0.25, 0.3) is 11.0 Å². The lowest BCUT2D eigenvalue weighted by Crippen LogP contribution is -2.29. The summed E-state index contributed by atoms with van der Waals surface area (Å²) in [5.74, 6) is 0.577. The van der Waals surface area contributed by atoms with E-state index in [9.17, 15) is 8.42 Å². The maximum atomic E-state index is 12.4. The van der Waals surface area contributed by atoms with E-state index in [0.717, 1.165) is 11.0 Å². The fraction of sp³-hybridized carbons (Fsp3) is 0.176. The number of rotatable bonds is 6. The van der Waals surface area contributed by atoms with Crippen LogP contribution < -0.4 is 4.72 Å². The van der Waals surface area contributed by atoms with Crippen LogP contribution in [0.15, 0.2) is 68.4 Å². The van der Waals surface area contributed by atoms with Crippen molar-refractivity contribution in [1.82, 2.24) is 4.72 Å². The van der Waals surface area contributed by atoms with Gasteiger partial charge in [0.1, 0.15) is 17.4 Å². The van der Waals surface area contributed by atoms with Gasteiger partial charge in [0.05, 0.1) is 4.90 Å². The number of nitrogens with one attached hydrogen (secondary N) is 1. The van der Waals surface area contributed by atoms with E-state index in [1.165, 1.54) is 13.2 Å². The Morgan fingerprint density at radius 2 is 1.88 bits per heavy atom. The van der Waals surface area contributed by atoms with E-state index in [1.54, 1.807) is 18.2 Å². The van der Waals surface area contributed by atoms with Gasteiger partial charge in [0, 0.05) is 23.5 Å². The highest BCUT2D eigenvalue weighted by molar-refractivity contribution is 9.10. The van der Waals surface area contributed by atoms with E-state index in [1.807, 2.05) is 30.3 Å². The number of ether oxygens (including phenoxy) is 1. The van der Waals surface area contributed by atoms with Crippen molar-refractivity contribution >= 4 is 36.9 Å². The van der Waals surface area contributed by atoms with E-state index < -0.39 is 16.1 Å². The standard InChI is InChI=1S/C17H16BrNO4S/c1-22-16(15-10-12-6-2-4-8-14(12)23-15)11-19-24(20,21)17-9-5-3-7-13(17)18/h2-10,16,19H,11H2,1H3/t16-/m0/s1. The Morgan fingerprint density at radius 1 is 1.17 bits per heavy atom. The molecule has 0 aliphatic rings. The fourth-order valence-corrected chi connectivity index (χ4v) is 4.42. The SMILES string of the molecule is CO[C@@H](CNS(=O)(=O)c1ccccc1Br)c1cc2ccccc2o1. The van der Waals surface area contributed by atoms with Gasteiger partial charge in [-0.1, -0.05) is 30.3 Å². The van der Waals surface area contributed by atoms with Crippen molar-refractivity contribution in [1.29, 1.82) is 0 Å². The summed E-state index contributed by atoms with van der Waals surface area (Å²) in [6.45, 7) is 0.0694. The van der Waals surface area contributed by atoms with Gasteiger partial charge in [-0.15, -0.1) is 0 Å². The molecule has 0 amide bonds. The number of para-hydroxylation sites is 1. The highest BCUT2D eigenvalue weighted by Crippen LogP contribution is 2.26. The van der Waals surface area contributed by atoms with Gasteiger partial charge in [0.15, 0.2) is 0 Å². The lowest BCUT2D eigenvalue weighted by Gasteiger charge is -2.14. The molecule has 3 rings (SSSR count). The van der Waals surface area contributed by atoms with Crippen LogP contribution in [0.2, 0.25) is 0 Å². The van der Waals surface area contributed by atoms with Crippen LogP contribution in [0, 0.1) is 0 Å². The Labute approximate surface area is 148 Å². The lowest BCUT2D eigenvalue weighted by molar-refractivity contribution is 0.0893. The van der Waals surface area contributed by atoms with Gasteiger partial charge in [-0.3, -0.25) is 0 Å². The van der Waals surface area contributed by atoms with Crippen molar-refractivity contribution < 1.29 is 17.6 Å². The second kappa shape index (κ2) is 7.06. The Hall–Kier alpha value is -1.67. The molecule has 0 saturated heterocycles. The summed E-state index contributed by atoms with van der Waals surface area (Å²) in [6, 6.07) is 16.1. The third-order valence-electron chi connectivity index (χ3n) is 3.63. The zero-order valence-electron chi connectivity index (χ0n) is 12.9. The number of sulfonamides is 1. The summed E-state index contributed by atoms with van der Waals surface area (Å²) in [5, 5.41) is 0.947. The molecule has 0 fully saturated rings. The maximum absolute atomic E-state index is 12.4. The van der Waals surface area contributed by atoms with Crippen LogP contribution in [-0.2, 0) is 14.8 Å². The molecule has 0 bridgehead atoms. The second-order valence-corrected chi connectivity index (χ2v) is 7.78. The monoisotopic (exact) mass is 409 g/mol. The second-order valence-electron chi connectivity index (χ2n) is 5.19. The van der Waals surface area contributed by atoms with Gasteiger partial charge in [-0.25, -0.2) is 13.1 Å². The van der Waals surface area contributed by atoms with Crippen LogP contribution in [0.4, 0.5) is 0 Å². The fourth-order valence-electron chi connectivity index (χ4n) is 2.39. The summed E-state index contributed by atoms with van der Waals surface area (Å²) in [7, 11) is -2.13. The van der Waals surface area contributed by atoms with E-state index >= 15 is 0 Å². The molecule has 0 aliphatic carbocycles. The van der Waals surface area contributed by atoms with Crippen LogP contribution in [-0.4, -0.2) is 22.1 Å². The third-order valence-corrected chi connectivity index (χ3v) is 6.07. The Kier molecular flexibility index (Phi) is 5.05. The number of fused-ring (bicyclic) bond motifs is 1. The minimum Gasteiger partial charge on any atom is -0.458 e. The number of furan rings is 1. The van der Waals surface area contributed by atoms with E-state index in [0.29, 0.717) is 10.2 Å². The predicted octanol–water partition coefficient (Wildman–Crippen LogP) is 3.86. The molecule has 1 aromatic heterocycles. The van der Waals surface area contributed by atoms with Crippen molar-refractivity contribution in [2.45, 2.75) is 11.0 Å². The van der Waals surface area contributed by atoms with Gasteiger partial charge < -0.3 is 9.15 Å². The van der Waals surface area contributed by atoms with E-state index in [4.69, 9.17) is 9.15 Å². The van der Waals surface area contributed by atoms with E-state index in [2.05, 4.69) is 20.7 Å². The molecular weight excluding hydrogens is 394 g/mol. The lowest BCUT2D eigenvalue weighted by atomic mass is 10.2. The van der Waals surface area contributed by atoms with Crippen molar-refractivity contribution in [3.8, 4) is 0 Å². The number of hydrogen-bond acceptors (Lipinski definition) is 4. The van der Waals surface area contributed by atoms with Gasteiger partial charge >= 0.3 is 0 Å². The van der Waals surface area contributed by atoms with Crippen molar-refractivity contribution in [3.63, 3.8) is 0 Å². The molecule has 0 saturated carbocycles. The number of methoxy groups -OCH3 is 1. The summed E-state index contributed by atoms with van der Waals surface area (Å²) in [4.78, 5) is 0.185. The first-order valence-electron chi connectivity index (χ1n) is 7.27. The Bertz CT molecular complexity index is 919. The van der Waals surface area contributed by atoms with Crippen LogP contribution in [0.1, 0.15) is 11.9 Å². The molecular formula is C17H16BrNO4S. The van der Waals surface area contributed by atoms with Gasteiger partial charge in [-0.05, 0) is 40.2 Å². The first-order valence-corrected chi connectivity index (χ1v) is 9.54. The number of benzene rings is 2. The third kappa shape index (κ3) is 3.54. The normalized spacial score (nSPS) is 13.2. The highest BCUT2D eigenvalue weighted by Gasteiger charge is 2.22. The van der Waals surface area contributed by atoms with Crippen molar-refractivity contribution in [3.05, 3.63) is 64.8 Å². The molecule has 1 atom stereocenters. The summed E-state index contributed by atoms with van der Waals surface area (Å²) in [5.41, 5.74) is 0.739. The maximum Gasteiger partial charge on any atom is 0.241 e. The molecule has 1 heterocycles. The van der Waals surface area contributed by atoms with Gasteiger partial charge in [0.25, 0.3) is 0 Å². The average Bonchev–Trinajstić information content (AvgIpc) is 2.99. The van der Waals surface area contributed by atoms with Gasteiger partial charge in [0.2, 0.25) is 10.0 Å². The van der Waals surface area contributed by atoms with Crippen molar-refractivity contribution in [2.24, 2.45) is 0 Å². The number of halogens is 1. The first-order chi connectivity index (χ1) is 11.5. The molecule has 0 unspecified atom stereocenters. The minimum atomic E-state index is -3.65. The molecule has 5 nitrogen and oxygen atoms in total. The molecule has 2 aromatic carbocycles. The van der Waals surface area contributed by atoms with Crippen LogP contribution >= 0.6 is 15.9 Å². The summed E-state index contributed by atoms with van der Waals surface area (Å²) < 4.78 is 39.1. The quantitative estimate of drug-likeness (QED) is 0.670. The zero-order chi connectivity index (χ0) is 17.2. The van der Waals surface area contributed by atoms with Gasteiger partial charge in [-0.2, -0.15) is 0 Å². The largest absolute Gasteiger partial charge is 0.458 e. The summed E-state index contributed by atoms with van der Waals surface area (Å²) in [6.07, 6.45) is -0.519. The molecule has 7 heteroatoms. The Balaban J connectivity index is 1.80. The van der Waals surface area contributed by atoms with Crippen LogP contribution in [0.3, 0.4) is 0 Å². The molecule has 24 heavy (non-hydrogen) atoms. The first kappa shape index (κ1) is 17.2. The molecule has 0 aliphatic heterocycles. The molecule has 0 radical (unpaired) electrons. The smallest absolute Gasteiger partial charge is 0.241 e. The molecule has 1 N–H and O–H groups in total. The van der Waals surface area contributed by atoms with Crippen molar-refractivity contribution in [2.75, 3.05) is 13.7 Å².